The van der Waals surface area contributed by atoms with Gasteiger partial charge in [0.25, 0.3) is 5.91 Å². The smallest absolute Gasteiger partial charge is 0.337 e. The Hall–Kier alpha value is -3.09. The first-order chi connectivity index (χ1) is 15.0. The molecule has 4 nitrogen and oxygen atoms in total. The van der Waals surface area contributed by atoms with Gasteiger partial charge in [0.1, 0.15) is 0 Å². The van der Waals surface area contributed by atoms with Gasteiger partial charge in [0.15, 0.2) is 0 Å². The summed E-state index contributed by atoms with van der Waals surface area (Å²) in [6, 6.07) is 12.6. The lowest BCUT2D eigenvalue weighted by Gasteiger charge is -2.24. The molecule has 3 aromatic rings. The minimum Gasteiger partial charge on any atom is -0.337 e. The van der Waals surface area contributed by atoms with Crippen molar-refractivity contribution >= 4 is 5.91 Å². The maximum atomic E-state index is 13.2. The van der Waals surface area contributed by atoms with Crippen molar-refractivity contribution in [3.05, 3.63) is 89.5 Å². The molecule has 0 aliphatic carbocycles. The van der Waals surface area contributed by atoms with Crippen molar-refractivity contribution < 1.29 is 18.0 Å². The van der Waals surface area contributed by atoms with Crippen LogP contribution in [0.5, 0.6) is 0 Å². The summed E-state index contributed by atoms with van der Waals surface area (Å²) in [6.07, 6.45) is 1.38. The van der Waals surface area contributed by atoms with E-state index in [1.54, 1.807) is 17.4 Å². The molecule has 0 saturated heterocycles. The molecule has 0 unspecified atom stereocenters. The fourth-order valence-electron chi connectivity index (χ4n) is 3.46. The van der Waals surface area contributed by atoms with Crippen LogP contribution >= 0.6 is 0 Å². The Morgan fingerprint density at radius 3 is 2.34 bits per heavy atom. The molecule has 32 heavy (non-hydrogen) atoms. The minimum atomic E-state index is -4.49. The number of alkyl halides is 3. The lowest BCUT2D eigenvalue weighted by Crippen LogP contribution is -2.32. The molecule has 0 bridgehead atoms. The first-order valence-electron chi connectivity index (χ1n) is 10.6. The number of carbonyl (C=O) groups is 1. The fraction of sp³-hybridized carbons (Fsp3) is 0.360. The van der Waals surface area contributed by atoms with Crippen molar-refractivity contribution in [1.82, 2.24) is 14.5 Å². The van der Waals surface area contributed by atoms with E-state index >= 15 is 0 Å². The van der Waals surface area contributed by atoms with Crippen LogP contribution in [0.2, 0.25) is 0 Å². The first kappa shape index (κ1) is 23.6. The van der Waals surface area contributed by atoms with Gasteiger partial charge in [-0.3, -0.25) is 4.79 Å². The predicted molar refractivity (Wildman–Crippen MR) is 118 cm³/mol. The normalized spacial score (nSPS) is 12.1. The number of carbonyl (C=O) groups excluding carboxylic acids is 1. The van der Waals surface area contributed by atoms with E-state index < -0.39 is 17.6 Å². The molecule has 0 saturated carbocycles. The van der Waals surface area contributed by atoms with Gasteiger partial charge in [-0.25, -0.2) is 4.98 Å². The Kier molecular flexibility index (Phi) is 7.06. The number of hydrogen-bond acceptors (Lipinski definition) is 2. The number of aryl methyl sites for hydroxylation is 1. The van der Waals surface area contributed by atoms with Crippen LogP contribution in [0, 0.1) is 0 Å². The van der Waals surface area contributed by atoms with Gasteiger partial charge in [-0.05, 0) is 41.2 Å². The van der Waals surface area contributed by atoms with Crippen LogP contribution in [0.15, 0.2) is 67.3 Å². The van der Waals surface area contributed by atoms with Crippen molar-refractivity contribution in [2.45, 2.75) is 51.9 Å². The average molecular weight is 444 g/mol. The molecule has 2 aromatic carbocycles. The quantitative estimate of drug-likeness (QED) is 0.454. The SMILES string of the molecule is CC(C)(C)c1ccc(CN(CCCn2ccnc2)C(=O)c2cccc(C(F)(F)F)c2)cc1. The summed E-state index contributed by atoms with van der Waals surface area (Å²) in [7, 11) is 0. The Labute approximate surface area is 186 Å². The molecule has 0 aliphatic rings. The lowest BCUT2D eigenvalue weighted by molar-refractivity contribution is -0.137. The second-order valence-corrected chi connectivity index (χ2v) is 8.91. The van der Waals surface area contributed by atoms with Gasteiger partial charge < -0.3 is 9.47 Å². The standard InChI is InChI=1S/C25H28F3N3O/c1-24(2,3)21-10-8-19(9-11-21)17-31(14-5-13-30-15-12-29-18-30)23(32)20-6-4-7-22(16-20)25(26,27)28/h4,6-12,15-16,18H,5,13-14,17H2,1-3H3. The van der Waals surface area contributed by atoms with E-state index in [0.29, 0.717) is 26.1 Å². The Balaban J connectivity index is 1.80. The third-order valence-corrected chi connectivity index (χ3v) is 5.32. The van der Waals surface area contributed by atoms with Gasteiger partial charge in [-0.2, -0.15) is 13.2 Å². The van der Waals surface area contributed by atoms with E-state index in [1.807, 2.05) is 35.0 Å². The molecule has 7 heteroatoms. The number of rotatable bonds is 7. The molecule has 3 rings (SSSR count). The number of amides is 1. The van der Waals surface area contributed by atoms with Crippen molar-refractivity contribution in [3.63, 3.8) is 0 Å². The number of benzene rings is 2. The zero-order chi connectivity index (χ0) is 23.4. The van der Waals surface area contributed by atoms with E-state index in [2.05, 4.69) is 25.8 Å². The van der Waals surface area contributed by atoms with E-state index in [1.165, 1.54) is 17.7 Å². The molecule has 1 aromatic heterocycles. The average Bonchev–Trinajstić information content (AvgIpc) is 3.25. The molecular formula is C25H28F3N3O. The molecule has 1 amide bonds. The van der Waals surface area contributed by atoms with Gasteiger partial charge >= 0.3 is 6.18 Å². The molecule has 0 spiro atoms. The van der Waals surface area contributed by atoms with Crippen molar-refractivity contribution in [3.8, 4) is 0 Å². The fourth-order valence-corrected chi connectivity index (χ4v) is 3.46. The molecule has 0 radical (unpaired) electrons. The molecule has 0 N–H and O–H groups in total. The van der Waals surface area contributed by atoms with Gasteiger partial charge in [-0.1, -0.05) is 51.1 Å². The van der Waals surface area contributed by atoms with Crippen LogP contribution in [0.4, 0.5) is 13.2 Å². The summed E-state index contributed by atoms with van der Waals surface area (Å²) in [5.41, 5.74) is 1.33. The van der Waals surface area contributed by atoms with Crippen molar-refractivity contribution in [2.75, 3.05) is 6.54 Å². The summed E-state index contributed by atoms with van der Waals surface area (Å²) in [5.74, 6) is -0.415. The van der Waals surface area contributed by atoms with Crippen LogP contribution in [0.1, 0.15) is 54.2 Å². The van der Waals surface area contributed by atoms with Crippen LogP contribution < -0.4 is 0 Å². The third-order valence-electron chi connectivity index (χ3n) is 5.32. The van der Waals surface area contributed by atoms with Crippen LogP contribution in [0.3, 0.4) is 0 Å². The number of imidazole rings is 1. The highest BCUT2D eigenvalue weighted by atomic mass is 19.4. The maximum Gasteiger partial charge on any atom is 0.416 e. The van der Waals surface area contributed by atoms with E-state index in [-0.39, 0.29) is 11.0 Å². The molecular weight excluding hydrogens is 415 g/mol. The predicted octanol–water partition coefficient (Wildman–Crippen LogP) is 5.93. The molecule has 1 heterocycles. The van der Waals surface area contributed by atoms with Crippen molar-refractivity contribution in [1.29, 1.82) is 0 Å². The Bertz CT molecular complexity index is 1020. The summed E-state index contributed by atoms with van der Waals surface area (Å²) in [6.45, 7) is 7.78. The minimum absolute atomic E-state index is 0.0108. The van der Waals surface area contributed by atoms with Gasteiger partial charge in [0.05, 0.1) is 11.9 Å². The largest absolute Gasteiger partial charge is 0.416 e. The Morgan fingerprint density at radius 1 is 1.03 bits per heavy atom. The topological polar surface area (TPSA) is 38.1 Å². The van der Waals surface area contributed by atoms with Crippen molar-refractivity contribution in [2.24, 2.45) is 0 Å². The molecule has 0 fully saturated rings. The highest BCUT2D eigenvalue weighted by Gasteiger charge is 2.31. The highest BCUT2D eigenvalue weighted by molar-refractivity contribution is 5.94. The van der Waals surface area contributed by atoms with E-state index in [9.17, 15) is 18.0 Å². The van der Waals surface area contributed by atoms with Crippen LogP contribution in [0.25, 0.3) is 0 Å². The first-order valence-corrected chi connectivity index (χ1v) is 10.6. The molecule has 170 valence electrons. The number of nitrogens with zero attached hydrogens (tertiary/aromatic N) is 3. The second-order valence-electron chi connectivity index (χ2n) is 8.91. The lowest BCUT2D eigenvalue weighted by atomic mass is 9.87. The maximum absolute atomic E-state index is 13.2. The molecule has 0 atom stereocenters. The third kappa shape index (κ3) is 6.22. The number of hydrogen-bond donors (Lipinski definition) is 0. The van der Waals surface area contributed by atoms with Crippen LogP contribution in [-0.2, 0) is 24.7 Å². The number of halogens is 3. The monoisotopic (exact) mass is 443 g/mol. The highest BCUT2D eigenvalue weighted by Crippen LogP contribution is 2.30. The Morgan fingerprint density at radius 2 is 1.75 bits per heavy atom. The second kappa shape index (κ2) is 9.59. The number of aromatic nitrogens is 2. The summed E-state index contributed by atoms with van der Waals surface area (Å²) >= 11 is 0. The van der Waals surface area contributed by atoms with Gasteiger partial charge in [-0.15, -0.1) is 0 Å². The van der Waals surface area contributed by atoms with Gasteiger partial charge in [0.2, 0.25) is 0 Å². The zero-order valence-electron chi connectivity index (χ0n) is 18.6. The van der Waals surface area contributed by atoms with Crippen LogP contribution in [-0.4, -0.2) is 26.9 Å². The zero-order valence-corrected chi connectivity index (χ0v) is 18.6. The summed E-state index contributed by atoms with van der Waals surface area (Å²) < 4.78 is 41.3. The van der Waals surface area contributed by atoms with Gasteiger partial charge in [0, 0.05) is 37.6 Å². The van der Waals surface area contributed by atoms with E-state index in [0.717, 1.165) is 17.7 Å². The molecule has 0 aliphatic heterocycles. The summed E-state index contributed by atoms with van der Waals surface area (Å²) in [4.78, 5) is 18.8. The van der Waals surface area contributed by atoms with E-state index in [4.69, 9.17) is 0 Å². The summed E-state index contributed by atoms with van der Waals surface area (Å²) in [5, 5.41) is 0.